The highest BCUT2D eigenvalue weighted by molar-refractivity contribution is 14.2. The normalized spacial score (nSPS) is 14.8. The Hall–Kier alpha value is 3.14. The van der Waals surface area contributed by atoms with Gasteiger partial charge in [0.2, 0.25) is 0 Å². The zero-order valence-corrected chi connectivity index (χ0v) is 16.6. The molecular formula is C6H17I2NP4. The summed E-state index contributed by atoms with van der Waals surface area (Å²) in [5.74, 6) is 0. The molecule has 0 rings (SSSR count). The van der Waals surface area contributed by atoms with E-state index in [0.29, 0.717) is 4.64 Å². The smallest absolute Gasteiger partial charge is 0.0993 e. The molecule has 13 heavy (non-hydrogen) atoms. The van der Waals surface area contributed by atoms with Crippen molar-refractivity contribution in [2.24, 2.45) is 0 Å². The molecule has 0 bridgehead atoms. The molecule has 0 aliphatic rings. The van der Waals surface area contributed by atoms with Gasteiger partial charge in [-0.3, -0.25) is 0 Å². The Balaban J connectivity index is 3.94. The summed E-state index contributed by atoms with van der Waals surface area (Å²) in [5, 5.41) is 0. The Bertz CT molecular complexity index is 159. The summed E-state index contributed by atoms with van der Waals surface area (Å²) < 4.78 is 0.560. The molecule has 0 saturated heterocycles. The molecule has 0 saturated carbocycles. The molecule has 0 aliphatic carbocycles. The molecule has 0 spiro atoms. The zero-order valence-electron chi connectivity index (χ0n) is 7.85. The molecule has 7 heteroatoms. The van der Waals surface area contributed by atoms with Gasteiger partial charge in [0, 0.05) is 17.7 Å². The lowest BCUT2D eigenvalue weighted by Gasteiger charge is -2.31. The molecule has 0 amide bonds. The van der Waals surface area contributed by atoms with Gasteiger partial charge in [-0.05, 0) is 13.7 Å². The van der Waals surface area contributed by atoms with Gasteiger partial charge in [-0.2, -0.15) is 0 Å². The van der Waals surface area contributed by atoms with Crippen LogP contribution in [0.5, 0.6) is 0 Å². The maximum Gasteiger partial charge on any atom is 0.0993 e. The van der Waals surface area contributed by atoms with Gasteiger partial charge in [0.25, 0.3) is 0 Å². The first-order valence-electron chi connectivity index (χ1n) is 3.78. The van der Waals surface area contributed by atoms with Crippen LogP contribution in [0.15, 0.2) is 0 Å². The summed E-state index contributed by atoms with van der Waals surface area (Å²) in [4.78, 5) is 2.38. The number of alkyl halides is 2. The van der Waals surface area contributed by atoms with Gasteiger partial charge in [0.15, 0.2) is 0 Å². The van der Waals surface area contributed by atoms with E-state index in [1.807, 2.05) is 0 Å². The first kappa shape index (κ1) is 16.1. The second-order valence-corrected chi connectivity index (χ2v) is 17.8. The predicted octanol–water partition coefficient (Wildman–Crippen LogP) is 3.03. The summed E-state index contributed by atoms with van der Waals surface area (Å²) in [6, 6.07) is 0. The van der Waals surface area contributed by atoms with Gasteiger partial charge >= 0.3 is 0 Å². The van der Waals surface area contributed by atoms with E-state index in [0.717, 1.165) is 21.7 Å². The molecule has 80 valence electrons. The Morgan fingerprint density at radius 1 is 1.23 bits per heavy atom. The van der Waals surface area contributed by atoms with Crippen molar-refractivity contribution in [2.75, 3.05) is 26.8 Å². The van der Waals surface area contributed by atoms with Crippen LogP contribution < -0.4 is 0 Å². The fraction of sp³-hybridized carbons (Fsp3) is 1.00. The van der Waals surface area contributed by atoms with Crippen molar-refractivity contribution in [1.29, 1.82) is 0 Å². The second kappa shape index (κ2) is 6.77. The van der Waals surface area contributed by atoms with Crippen LogP contribution in [0.25, 0.3) is 0 Å². The quantitative estimate of drug-likeness (QED) is 0.332. The fourth-order valence-corrected chi connectivity index (χ4v) is 3.47. The van der Waals surface area contributed by atoms with Crippen molar-refractivity contribution < 1.29 is 0 Å². The lowest BCUT2D eigenvalue weighted by atomic mass is 10.6. The average Bonchev–Trinajstić information content (AvgIpc) is 1.81. The monoisotopic (exact) mass is 481 g/mol. The van der Waals surface area contributed by atoms with Gasteiger partial charge in [-0.25, -0.2) is 0 Å². The lowest BCUT2D eigenvalue weighted by Crippen LogP contribution is -2.34. The maximum atomic E-state index is 2.93. The minimum absolute atomic E-state index is 0.256. The van der Waals surface area contributed by atoms with Crippen molar-refractivity contribution >= 4 is 81.5 Å². The van der Waals surface area contributed by atoms with Crippen LogP contribution in [0.4, 0.5) is 0 Å². The molecule has 0 radical (unpaired) electrons. The van der Waals surface area contributed by atoms with Crippen LogP contribution in [-0.4, -0.2) is 37.5 Å². The minimum atomic E-state index is 0.256. The highest BCUT2D eigenvalue weighted by Crippen LogP contribution is 2.43. The van der Waals surface area contributed by atoms with Gasteiger partial charge in [0.05, 0.1) is 1.17 Å². The molecule has 0 aromatic carbocycles. The standard InChI is InChI=1S/C6H17I2NP4/c1-9(3-5(7,8)10)4-6(11,12)13-2/h13H,3-4,10-12H2,1-2H3. The van der Waals surface area contributed by atoms with Crippen molar-refractivity contribution in [3.05, 3.63) is 0 Å². The molecule has 0 aliphatic heterocycles. The third-order valence-electron chi connectivity index (χ3n) is 1.48. The molecule has 0 aromatic rings. The first-order chi connectivity index (χ1) is 5.66. The molecule has 0 heterocycles. The highest BCUT2D eigenvalue weighted by atomic mass is 127. The van der Waals surface area contributed by atoms with Crippen LogP contribution in [-0.2, 0) is 0 Å². The van der Waals surface area contributed by atoms with Crippen molar-refractivity contribution in [3.63, 3.8) is 0 Å². The Labute approximate surface area is 118 Å². The topological polar surface area (TPSA) is 3.24 Å². The van der Waals surface area contributed by atoms with E-state index in [4.69, 9.17) is 0 Å². The number of nitrogens with zero attached hydrogens (tertiary/aromatic N) is 1. The molecular weight excluding hydrogens is 464 g/mol. The van der Waals surface area contributed by atoms with Crippen molar-refractivity contribution in [2.45, 2.75) is 5.81 Å². The maximum absolute atomic E-state index is 2.93. The molecule has 0 fully saturated rings. The number of hydrogen-bond donors (Lipinski definition) is 0. The average molecular weight is 481 g/mol. The second-order valence-electron chi connectivity index (χ2n) is 3.22. The number of rotatable bonds is 5. The van der Waals surface area contributed by atoms with E-state index in [9.17, 15) is 0 Å². The molecule has 4 unspecified atom stereocenters. The van der Waals surface area contributed by atoms with Crippen molar-refractivity contribution in [3.8, 4) is 0 Å². The Kier molecular flexibility index (Phi) is 8.41. The fourth-order valence-electron chi connectivity index (χ4n) is 0.941. The van der Waals surface area contributed by atoms with Gasteiger partial charge in [-0.15, -0.1) is 36.3 Å². The Morgan fingerprint density at radius 3 is 2.00 bits per heavy atom. The number of hydrogen-bond acceptors (Lipinski definition) is 1. The largest absolute Gasteiger partial charge is 0.302 e. The van der Waals surface area contributed by atoms with E-state index in [2.05, 4.69) is 91.5 Å². The van der Waals surface area contributed by atoms with Gasteiger partial charge < -0.3 is 4.90 Å². The van der Waals surface area contributed by atoms with Crippen LogP contribution in [0, 0.1) is 0 Å². The zero-order chi connectivity index (χ0) is 10.7. The molecule has 0 aromatic heterocycles. The number of halogens is 2. The third-order valence-corrected chi connectivity index (χ3v) is 5.53. The summed E-state index contributed by atoms with van der Waals surface area (Å²) in [6.07, 6.45) is 0. The lowest BCUT2D eigenvalue weighted by molar-refractivity contribution is 0.362. The summed E-state index contributed by atoms with van der Waals surface area (Å²) in [6.45, 7) is 4.45. The highest BCUT2D eigenvalue weighted by Gasteiger charge is 2.23. The third kappa shape index (κ3) is 10.0. The van der Waals surface area contributed by atoms with Crippen LogP contribution in [0.1, 0.15) is 0 Å². The van der Waals surface area contributed by atoms with Crippen LogP contribution in [0.2, 0.25) is 0 Å². The van der Waals surface area contributed by atoms with E-state index in [-0.39, 0.29) is 1.17 Å². The van der Waals surface area contributed by atoms with E-state index in [1.54, 1.807) is 0 Å². The summed E-state index contributed by atoms with van der Waals surface area (Å²) in [7, 11) is 11.8. The van der Waals surface area contributed by atoms with Gasteiger partial charge in [-0.1, -0.05) is 45.2 Å². The summed E-state index contributed by atoms with van der Waals surface area (Å²) >= 11 is 4.90. The Morgan fingerprint density at radius 2 is 1.69 bits per heavy atom. The van der Waals surface area contributed by atoms with Crippen LogP contribution in [0.3, 0.4) is 0 Å². The van der Waals surface area contributed by atoms with Crippen LogP contribution >= 0.6 is 81.5 Å². The summed E-state index contributed by atoms with van der Waals surface area (Å²) in [5.41, 5.74) is 0. The van der Waals surface area contributed by atoms with E-state index >= 15 is 0 Å². The van der Waals surface area contributed by atoms with E-state index < -0.39 is 0 Å². The van der Waals surface area contributed by atoms with Crippen molar-refractivity contribution in [1.82, 2.24) is 4.90 Å². The van der Waals surface area contributed by atoms with Gasteiger partial charge in [0.1, 0.15) is 0 Å². The molecule has 0 N–H and O–H groups in total. The SMILES string of the molecule is CPC(P)(P)CN(C)CC(P)(I)I. The predicted molar refractivity (Wildman–Crippen MR) is 94.4 cm³/mol. The molecule has 4 atom stereocenters. The minimum Gasteiger partial charge on any atom is -0.302 e. The molecule has 1 nitrogen and oxygen atoms in total. The van der Waals surface area contributed by atoms with E-state index in [1.165, 1.54) is 0 Å². The first-order valence-corrected chi connectivity index (χ1v) is 9.17.